The van der Waals surface area contributed by atoms with E-state index in [9.17, 15) is 14.4 Å². The van der Waals surface area contributed by atoms with Gasteiger partial charge >= 0.3 is 6.03 Å². The Kier molecular flexibility index (Phi) is 9.69. The van der Waals surface area contributed by atoms with Crippen molar-refractivity contribution >= 4 is 79.7 Å². The number of barbiturate groups is 1. The van der Waals surface area contributed by atoms with E-state index in [1.54, 1.807) is 48.5 Å². The Labute approximate surface area is 274 Å². The van der Waals surface area contributed by atoms with Crippen molar-refractivity contribution in [3.05, 3.63) is 120 Å². The molecule has 218 valence electrons. The van der Waals surface area contributed by atoms with Crippen LogP contribution in [0.3, 0.4) is 0 Å². The summed E-state index contributed by atoms with van der Waals surface area (Å²) in [6.45, 7) is 0.639. The van der Waals surface area contributed by atoms with E-state index in [2.05, 4.69) is 43.8 Å². The molecule has 1 heterocycles. The zero-order valence-electron chi connectivity index (χ0n) is 22.6. The van der Waals surface area contributed by atoms with Crippen molar-refractivity contribution in [2.45, 2.75) is 13.2 Å². The molecule has 0 aliphatic carbocycles. The topological polar surface area (TPSA) is 94.2 Å². The Bertz CT molecular complexity index is 1710. The molecular weight excluding hydrogens is 751 g/mol. The Morgan fingerprint density at radius 3 is 2.16 bits per heavy atom. The molecule has 11 heteroatoms. The molecule has 0 bridgehead atoms. The zero-order chi connectivity index (χ0) is 30.5. The van der Waals surface area contributed by atoms with Crippen LogP contribution in [0.1, 0.15) is 16.7 Å². The molecule has 0 atom stereocenters. The minimum Gasteiger partial charge on any atom is -0.493 e. The van der Waals surface area contributed by atoms with Gasteiger partial charge in [0.05, 0.1) is 16.4 Å². The molecule has 1 N–H and O–H groups in total. The van der Waals surface area contributed by atoms with Gasteiger partial charge in [-0.05, 0) is 106 Å². The van der Waals surface area contributed by atoms with Gasteiger partial charge in [-0.15, -0.1) is 0 Å². The van der Waals surface area contributed by atoms with Crippen molar-refractivity contribution in [3.63, 3.8) is 0 Å². The van der Waals surface area contributed by atoms with E-state index < -0.39 is 17.8 Å². The van der Waals surface area contributed by atoms with Crippen molar-refractivity contribution in [2.75, 3.05) is 12.0 Å². The number of carbonyl (C=O) groups is 3. The Morgan fingerprint density at radius 1 is 0.884 bits per heavy atom. The summed E-state index contributed by atoms with van der Waals surface area (Å²) in [6, 6.07) is 24.1. The summed E-state index contributed by atoms with van der Waals surface area (Å²) in [5, 5.41) is 2.88. The Balaban J connectivity index is 1.33. The third kappa shape index (κ3) is 7.38. The van der Waals surface area contributed by atoms with Crippen molar-refractivity contribution in [1.29, 1.82) is 0 Å². The number of benzene rings is 4. The molecule has 0 aromatic heterocycles. The summed E-state index contributed by atoms with van der Waals surface area (Å²) in [7, 11) is 1.51. The second-order valence-electron chi connectivity index (χ2n) is 9.32. The summed E-state index contributed by atoms with van der Waals surface area (Å²) in [4.78, 5) is 39.8. The van der Waals surface area contributed by atoms with Crippen LogP contribution >= 0.6 is 50.1 Å². The van der Waals surface area contributed by atoms with Crippen LogP contribution < -0.4 is 24.4 Å². The van der Waals surface area contributed by atoms with Gasteiger partial charge in [0.1, 0.15) is 24.5 Å². The van der Waals surface area contributed by atoms with Gasteiger partial charge in [0, 0.05) is 9.50 Å². The molecule has 0 radical (unpaired) electrons. The van der Waals surface area contributed by atoms with Crippen LogP contribution in [0.15, 0.2) is 95.0 Å². The highest BCUT2D eigenvalue weighted by Crippen LogP contribution is 2.36. The van der Waals surface area contributed by atoms with Crippen LogP contribution in [-0.4, -0.2) is 25.0 Å². The van der Waals surface area contributed by atoms with Gasteiger partial charge in [0.15, 0.2) is 11.5 Å². The van der Waals surface area contributed by atoms with E-state index in [0.717, 1.165) is 20.5 Å². The molecule has 43 heavy (non-hydrogen) atoms. The smallest absolute Gasteiger partial charge is 0.335 e. The molecule has 1 aliphatic heterocycles. The maximum absolute atomic E-state index is 13.4. The van der Waals surface area contributed by atoms with E-state index >= 15 is 0 Å². The van der Waals surface area contributed by atoms with Crippen molar-refractivity contribution in [3.8, 4) is 17.2 Å². The van der Waals surface area contributed by atoms with Gasteiger partial charge in [-0.1, -0.05) is 51.8 Å². The van der Waals surface area contributed by atoms with Crippen LogP contribution in [0, 0.1) is 3.57 Å². The number of anilines is 1. The number of hydrogen-bond acceptors (Lipinski definition) is 6. The molecule has 8 nitrogen and oxygen atoms in total. The van der Waals surface area contributed by atoms with Crippen LogP contribution in [0.2, 0.25) is 5.02 Å². The van der Waals surface area contributed by atoms with Gasteiger partial charge in [0.25, 0.3) is 11.8 Å². The number of nitrogens with zero attached hydrogens (tertiary/aromatic N) is 1. The number of urea groups is 1. The fraction of sp³-hybridized carbons (Fsp3) is 0.0938. The molecule has 4 aromatic rings. The number of methoxy groups -OCH3 is 1. The molecular formula is C32H23BrClIN2O6. The van der Waals surface area contributed by atoms with Crippen LogP contribution in [0.4, 0.5) is 10.5 Å². The normalized spacial score (nSPS) is 14.1. The molecule has 1 fully saturated rings. The summed E-state index contributed by atoms with van der Waals surface area (Å²) in [5.74, 6) is -0.0456. The summed E-state index contributed by atoms with van der Waals surface area (Å²) in [5.41, 5.74) is 2.51. The predicted molar refractivity (Wildman–Crippen MR) is 175 cm³/mol. The van der Waals surface area contributed by atoms with Crippen molar-refractivity contribution < 1.29 is 28.6 Å². The molecule has 4 amide bonds. The van der Waals surface area contributed by atoms with Gasteiger partial charge in [-0.2, -0.15) is 0 Å². The molecule has 0 saturated carbocycles. The number of imide groups is 2. The molecule has 4 aromatic carbocycles. The zero-order valence-corrected chi connectivity index (χ0v) is 27.1. The maximum Gasteiger partial charge on any atom is 0.335 e. The molecule has 0 unspecified atom stereocenters. The second-order valence-corrected chi connectivity index (χ2v) is 11.8. The fourth-order valence-electron chi connectivity index (χ4n) is 4.20. The summed E-state index contributed by atoms with van der Waals surface area (Å²) < 4.78 is 19.1. The van der Waals surface area contributed by atoms with Gasteiger partial charge in [-0.25, -0.2) is 9.69 Å². The predicted octanol–water partition coefficient (Wildman–Crippen LogP) is 7.54. The lowest BCUT2D eigenvalue weighted by Gasteiger charge is -2.26. The SMILES string of the molecule is COc1cc(/C=C2\C(=O)NC(=O)N(c3ccc(OCc4ccc(Cl)cc4)cc3)C2=O)cc(I)c1OCc1ccc(Br)cc1. The first kappa shape index (κ1) is 30.6. The fourth-order valence-corrected chi connectivity index (χ4v) is 5.37. The number of hydrogen-bond donors (Lipinski definition) is 1. The highest BCUT2D eigenvalue weighted by atomic mass is 127. The van der Waals surface area contributed by atoms with E-state index in [-0.39, 0.29) is 11.3 Å². The quantitative estimate of drug-likeness (QED) is 0.107. The molecule has 5 rings (SSSR count). The number of amides is 4. The van der Waals surface area contributed by atoms with Crippen molar-refractivity contribution in [1.82, 2.24) is 5.32 Å². The summed E-state index contributed by atoms with van der Waals surface area (Å²) >= 11 is 11.5. The largest absolute Gasteiger partial charge is 0.493 e. The number of ether oxygens (including phenoxy) is 3. The standard InChI is InChI=1S/C32H23BrClIN2O6/c1-41-28-16-21(15-27(35)29(28)43-18-19-2-6-22(33)7-3-19)14-26-30(38)36-32(40)37(31(26)39)24-10-12-25(13-11-24)42-17-20-4-8-23(34)9-5-20/h2-16H,17-18H2,1H3,(H,36,38,40)/b26-14+. The number of rotatable bonds is 9. The second kappa shape index (κ2) is 13.6. The van der Waals surface area contributed by atoms with Gasteiger partial charge < -0.3 is 14.2 Å². The van der Waals surface area contributed by atoms with Gasteiger partial charge in [0.2, 0.25) is 0 Å². The summed E-state index contributed by atoms with van der Waals surface area (Å²) in [6.07, 6.45) is 1.42. The minimum atomic E-state index is -0.842. The number of carbonyl (C=O) groups excluding carboxylic acids is 3. The van der Waals surface area contributed by atoms with Crippen molar-refractivity contribution in [2.24, 2.45) is 0 Å². The van der Waals surface area contributed by atoms with E-state index in [1.807, 2.05) is 36.4 Å². The minimum absolute atomic E-state index is 0.205. The average Bonchev–Trinajstić information content (AvgIpc) is 2.99. The third-order valence-electron chi connectivity index (χ3n) is 6.37. The maximum atomic E-state index is 13.4. The van der Waals surface area contributed by atoms with E-state index in [4.69, 9.17) is 25.8 Å². The lowest BCUT2D eigenvalue weighted by molar-refractivity contribution is -0.122. The first-order chi connectivity index (χ1) is 20.7. The van der Waals surface area contributed by atoms with Crippen LogP contribution in [-0.2, 0) is 22.8 Å². The highest BCUT2D eigenvalue weighted by Gasteiger charge is 2.37. The third-order valence-corrected chi connectivity index (χ3v) is 7.96. The number of nitrogens with one attached hydrogen (secondary N) is 1. The molecule has 1 saturated heterocycles. The van der Waals surface area contributed by atoms with E-state index in [1.165, 1.54) is 13.2 Å². The van der Waals surface area contributed by atoms with Crippen LogP contribution in [0.5, 0.6) is 17.2 Å². The first-order valence-electron chi connectivity index (χ1n) is 12.9. The van der Waals surface area contributed by atoms with E-state index in [0.29, 0.717) is 44.6 Å². The molecule has 0 spiro atoms. The number of halogens is 3. The monoisotopic (exact) mass is 772 g/mol. The molecule has 1 aliphatic rings. The first-order valence-corrected chi connectivity index (χ1v) is 15.1. The van der Waals surface area contributed by atoms with Crippen LogP contribution in [0.25, 0.3) is 6.08 Å². The Morgan fingerprint density at radius 2 is 1.51 bits per heavy atom. The lowest BCUT2D eigenvalue weighted by Crippen LogP contribution is -2.54. The van der Waals surface area contributed by atoms with Gasteiger partial charge in [-0.3, -0.25) is 14.9 Å². The lowest BCUT2D eigenvalue weighted by atomic mass is 10.1. The highest BCUT2D eigenvalue weighted by molar-refractivity contribution is 14.1. The average molecular weight is 774 g/mol. The Hall–Kier alpha value is -3.87.